The van der Waals surface area contributed by atoms with E-state index in [1.165, 1.54) is 13.0 Å². The molecule has 0 saturated carbocycles. The Morgan fingerprint density at radius 3 is 2.95 bits per heavy atom. The van der Waals surface area contributed by atoms with Crippen molar-refractivity contribution in [2.45, 2.75) is 39.3 Å². The van der Waals surface area contributed by atoms with Crippen molar-refractivity contribution in [2.24, 2.45) is 0 Å². The number of nitrogens with one attached hydrogen (secondary N) is 1. The number of amides is 1. The smallest absolute Gasteiger partial charge is 0.217 e. The molecule has 1 aliphatic rings. The summed E-state index contributed by atoms with van der Waals surface area (Å²) in [6.07, 6.45) is 0.903. The van der Waals surface area contributed by atoms with Crippen molar-refractivity contribution in [3.63, 3.8) is 0 Å². The number of hydrogen-bond acceptors (Lipinski definition) is 2. The Morgan fingerprint density at radius 2 is 2.26 bits per heavy atom. The van der Waals surface area contributed by atoms with Crippen LogP contribution in [-0.4, -0.2) is 29.4 Å². The van der Waals surface area contributed by atoms with Gasteiger partial charge in [0.05, 0.1) is 5.54 Å². The van der Waals surface area contributed by atoms with E-state index in [0.29, 0.717) is 6.54 Å². The van der Waals surface area contributed by atoms with E-state index in [2.05, 4.69) is 10.2 Å². The highest BCUT2D eigenvalue weighted by Gasteiger charge is 2.34. The first kappa shape index (κ1) is 14.0. The standard InChI is InChI=1S/C15H21FN2O/c1-11-4-5-14(16)13(8-11)9-18-7-6-15(3,10-18)17-12(2)19/h4-5,8H,6-7,9-10H2,1-3H3,(H,17,19). The molecule has 1 atom stereocenters. The van der Waals surface area contributed by atoms with E-state index in [4.69, 9.17) is 0 Å². The second kappa shape index (κ2) is 5.29. The number of aryl methyl sites for hydroxylation is 1. The monoisotopic (exact) mass is 264 g/mol. The Kier molecular flexibility index (Phi) is 3.90. The van der Waals surface area contributed by atoms with E-state index in [9.17, 15) is 9.18 Å². The van der Waals surface area contributed by atoms with Gasteiger partial charge < -0.3 is 5.32 Å². The van der Waals surface area contributed by atoms with Crippen LogP contribution in [0.2, 0.25) is 0 Å². The van der Waals surface area contributed by atoms with Crippen LogP contribution in [0.3, 0.4) is 0 Å². The Balaban J connectivity index is 2.02. The molecule has 0 spiro atoms. The summed E-state index contributed by atoms with van der Waals surface area (Å²) in [6.45, 7) is 7.79. The van der Waals surface area contributed by atoms with E-state index in [-0.39, 0.29) is 17.3 Å². The van der Waals surface area contributed by atoms with Gasteiger partial charge >= 0.3 is 0 Å². The number of carbonyl (C=O) groups is 1. The normalized spacial score (nSPS) is 23.6. The molecule has 1 aliphatic heterocycles. The zero-order valence-electron chi connectivity index (χ0n) is 11.8. The molecule has 1 unspecified atom stereocenters. The molecule has 2 rings (SSSR count). The van der Waals surface area contributed by atoms with E-state index < -0.39 is 0 Å². The van der Waals surface area contributed by atoms with Gasteiger partial charge in [-0.15, -0.1) is 0 Å². The number of rotatable bonds is 3. The Hall–Kier alpha value is -1.42. The minimum Gasteiger partial charge on any atom is -0.350 e. The predicted molar refractivity (Wildman–Crippen MR) is 73.3 cm³/mol. The van der Waals surface area contributed by atoms with Gasteiger partial charge in [0.2, 0.25) is 5.91 Å². The van der Waals surface area contributed by atoms with Crippen LogP contribution >= 0.6 is 0 Å². The first-order valence-corrected chi connectivity index (χ1v) is 6.64. The van der Waals surface area contributed by atoms with E-state index in [1.54, 1.807) is 6.07 Å². The highest BCUT2D eigenvalue weighted by Crippen LogP contribution is 2.23. The second-order valence-electron chi connectivity index (χ2n) is 5.80. The molecule has 1 N–H and O–H groups in total. The highest BCUT2D eigenvalue weighted by molar-refractivity contribution is 5.73. The molecule has 1 aromatic rings. The lowest BCUT2D eigenvalue weighted by Gasteiger charge is -2.25. The topological polar surface area (TPSA) is 32.3 Å². The summed E-state index contributed by atoms with van der Waals surface area (Å²) in [5.41, 5.74) is 1.61. The van der Waals surface area contributed by atoms with Gasteiger partial charge in [0.15, 0.2) is 0 Å². The molecular formula is C15H21FN2O. The Morgan fingerprint density at radius 1 is 1.53 bits per heavy atom. The average molecular weight is 264 g/mol. The van der Waals surface area contributed by atoms with Gasteiger partial charge in [-0.05, 0) is 26.3 Å². The van der Waals surface area contributed by atoms with Crippen molar-refractivity contribution in [1.82, 2.24) is 10.2 Å². The lowest BCUT2D eigenvalue weighted by atomic mass is 10.0. The van der Waals surface area contributed by atoms with Gasteiger partial charge in [-0.25, -0.2) is 4.39 Å². The number of likely N-dealkylation sites (tertiary alicyclic amines) is 1. The first-order valence-electron chi connectivity index (χ1n) is 6.64. The van der Waals surface area contributed by atoms with Gasteiger partial charge in [0.1, 0.15) is 5.82 Å². The molecule has 1 amide bonds. The number of hydrogen-bond donors (Lipinski definition) is 1. The summed E-state index contributed by atoms with van der Waals surface area (Å²) in [4.78, 5) is 13.4. The molecule has 3 nitrogen and oxygen atoms in total. The van der Waals surface area contributed by atoms with Crippen molar-refractivity contribution in [2.75, 3.05) is 13.1 Å². The Labute approximate surface area is 113 Å². The van der Waals surface area contributed by atoms with Crippen LogP contribution < -0.4 is 5.32 Å². The maximum atomic E-state index is 13.7. The van der Waals surface area contributed by atoms with Gasteiger partial charge in [-0.3, -0.25) is 9.69 Å². The number of benzene rings is 1. The largest absolute Gasteiger partial charge is 0.350 e. The molecule has 0 aromatic heterocycles. The van der Waals surface area contributed by atoms with E-state index in [1.807, 2.05) is 19.9 Å². The van der Waals surface area contributed by atoms with Crippen LogP contribution in [0.15, 0.2) is 18.2 Å². The Bertz CT molecular complexity index is 489. The summed E-state index contributed by atoms with van der Waals surface area (Å²) in [5.74, 6) is -0.162. The summed E-state index contributed by atoms with van der Waals surface area (Å²) < 4.78 is 13.7. The molecule has 19 heavy (non-hydrogen) atoms. The van der Waals surface area contributed by atoms with Crippen LogP contribution in [0.25, 0.3) is 0 Å². The molecule has 104 valence electrons. The maximum Gasteiger partial charge on any atom is 0.217 e. The lowest BCUT2D eigenvalue weighted by molar-refractivity contribution is -0.120. The maximum absolute atomic E-state index is 13.7. The molecule has 0 aliphatic carbocycles. The minimum absolute atomic E-state index is 0.00825. The van der Waals surface area contributed by atoms with Gasteiger partial charge in [0, 0.05) is 32.1 Å². The van der Waals surface area contributed by atoms with Crippen molar-refractivity contribution >= 4 is 5.91 Å². The van der Waals surface area contributed by atoms with Crippen molar-refractivity contribution in [3.8, 4) is 0 Å². The third kappa shape index (κ3) is 3.53. The predicted octanol–water partition coefficient (Wildman–Crippen LogP) is 2.23. The molecule has 4 heteroatoms. The lowest BCUT2D eigenvalue weighted by Crippen LogP contribution is -2.46. The third-order valence-electron chi connectivity index (χ3n) is 3.63. The molecule has 0 radical (unpaired) electrons. The molecular weight excluding hydrogens is 243 g/mol. The quantitative estimate of drug-likeness (QED) is 0.908. The van der Waals surface area contributed by atoms with Gasteiger partial charge in [-0.2, -0.15) is 0 Å². The molecule has 1 aromatic carbocycles. The highest BCUT2D eigenvalue weighted by atomic mass is 19.1. The fraction of sp³-hybridized carbons (Fsp3) is 0.533. The minimum atomic E-state index is -0.188. The summed E-state index contributed by atoms with van der Waals surface area (Å²) in [5, 5.41) is 2.99. The van der Waals surface area contributed by atoms with Crippen molar-refractivity contribution in [3.05, 3.63) is 35.1 Å². The molecule has 1 saturated heterocycles. The summed E-state index contributed by atoms with van der Waals surface area (Å²) >= 11 is 0. The van der Waals surface area contributed by atoms with E-state index >= 15 is 0 Å². The van der Waals surface area contributed by atoms with Crippen LogP contribution in [0.4, 0.5) is 4.39 Å². The first-order chi connectivity index (χ1) is 8.88. The SMILES string of the molecule is CC(=O)NC1(C)CCN(Cc2cc(C)ccc2F)C1. The van der Waals surface area contributed by atoms with E-state index in [0.717, 1.165) is 30.6 Å². The number of nitrogens with zero attached hydrogens (tertiary/aromatic N) is 1. The zero-order chi connectivity index (χ0) is 14.0. The molecule has 1 heterocycles. The molecule has 1 fully saturated rings. The molecule has 0 bridgehead atoms. The second-order valence-corrected chi connectivity index (χ2v) is 5.80. The fourth-order valence-corrected chi connectivity index (χ4v) is 2.78. The number of carbonyl (C=O) groups excluding carboxylic acids is 1. The van der Waals surface area contributed by atoms with Crippen molar-refractivity contribution in [1.29, 1.82) is 0 Å². The third-order valence-corrected chi connectivity index (χ3v) is 3.63. The van der Waals surface area contributed by atoms with Crippen LogP contribution in [-0.2, 0) is 11.3 Å². The van der Waals surface area contributed by atoms with Crippen molar-refractivity contribution < 1.29 is 9.18 Å². The summed E-state index contributed by atoms with van der Waals surface area (Å²) in [6, 6.07) is 5.20. The van der Waals surface area contributed by atoms with Crippen LogP contribution in [0, 0.1) is 12.7 Å². The average Bonchev–Trinajstić information content (AvgIpc) is 2.64. The zero-order valence-corrected chi connectivity index (χ0v) is 11.8. The van der Waals surface area contributed by atoms with Crippen LogP contribution in [0.5, 0.6) is 0 Å². The fourth-order valence-electron chi connectivity index (χ4n) is 2.78. The van der Waals surface area contributed by atoms with Gasteiger partial charge in [0.25, 0.3) is 0 Å². The number of halogens is 1. The summed E-state index contributed by atoms with van der Waals surface area (Å²) in [7, 11) is 0. The van der Waals surface area contributed by atoms with Gasteiger partial charge in [-0.1, -0.05) is 17.7 Å². The van der Waals surface area contributed by atoms with Crippen LogP contribution in [0.1, 0.15) is 31.4 Å².